The van der Waals surface area contributed by atoms with Crippen molar-refractivity contribution in [2.75, 3.05) is 17.7 Å². The third-order valence-corrected chi connectivity index (χ3v) is 4.96. The van der Waals surface area contributed by atoms with Gasteiger partial charge in [-0.05, 0) is 45.9 Å². The number of nitrogens with one attached hydrogen (secondary N) is 2. The van der Waals surface area contributed by atoms with Crippen LogP contribution in [0, 0.1) is 23.3 Å². The van der Waals surface area contributed by atoms with E-state index in [1.54, 1.807) is 27.7 Å². The molecule has 3 rings (SSSR count). The van der Waals surface area contributed by atoms with Crippen LogP contribution in [-0.2, 0) is 0 Å². The van der Waals surface area contributed by atoms with Crippen molar-refractivity contribution in [1.82, 2.24) is 0 Å². The number of anilines is 2. The lowest BCUT2D eigenvalue weighted by Crippen LogP contribution is -2.19. The van der Waals surface area contributed by atoms with E-state index >= 15 is 0 Å². The van der Waals surface area contributed by atoms with E-state index in [9.17, 15) is 27.2 Å². The number of rotatable bonds is 9. The van der Waals surface area contributed by atoms with E-state index < -0.39 is 46.5 Å². The SMILES string of the molecule is COc1ccc(C(=O)Nc2c(F)cc(OC(C)C)cc2F)cc1C(=O)Nc1c(F)cc(OC(C)C)cc1F. The van der Waals surface area contributed by atoms with Crippen molar-refractivity contribution in [1.29, 1.82) is 0 Å². The first kappa shape index (κ1) is 28.3. The van der Waals surface area contributed by atoms with Gasteiger partial charge in [0.1, 0.15) is 28.6 Å². The number of benzene rings is 3. The average Bonchev–Trinajstić information content (AvgIpc) is 2.82. The number of halogens is 4. The third-order valence-electron chi connectivity index (χ3n) is 4.96. The van der Waals surface area contributed by atoms with Crippen LogP contribution in [-0.4, -0.2) is 31.1 Å². The lowest BCUT2D eigenvalue weighted by atomic mass is 10.1. The van der Waals surface area contributed by atoms with Gasteiger partial charge in [-0.25, -0.2) is 17.6 Å². The van der Waals surface area contributed by atoms with Gasteiger partial charge in [0.05, 0.1) is 24.9 Å². The first-order valence-corrected chi connectivity index (χ1v) is 11.5. The second-order valence-corrected chi connectivity index (χ2v) is 8.68. The summed E-state index contributed by atoms with van der Waals surface area (Å²) < 4.78 is 73.7. The van der Waals surface area contributed by atoms with E-state index in [2.05, 4.69) is 10.6 Å². The summed E-state index contributed by atoms with van der Waals surface area (Å²) in [6.07, 6.45) is -0.660. The minimum absolute atomic E-state index is 0.0211. The monoisotopic (exact) mass is 534 g/mol. The van der Waals surface area contributed by atoms with Crippen molar-refractivity contribution in [3.8, 4) is 17.2 Å². The second-order valence-electron chi connectivity index (χ2n) is 8.68. The van der Waals surface area contributed by atoms with Gasteiger partial charge in [-0.2, -0.15) is 0 Å². The summed E-state index contributed by atoms with van der Waals surface area (Å²) in [4.78, 5) is 25.7. The Bertz CT molecular complexity index is 1320. The van der Waals surface area contributed by atoms with Crippen LogP contribution in [0.15, 0.2) is 42.5 Å². The zero-order valence-corrected chi connectivity index (χ0v) is 21.2. The highest BCUT2D eigenvalue weighted by Crippen LogP contribution is 2.29. The predicted molar refractivity (Wildman–Crippen MR) is 133 cm³/mol. The smallest absolute Gasteiger partial charge is 0.259 e. The highest BCUT2D eigenvalue weighted by atomic mass is 19.1. The van der Waals surface area contributed by atoms with Gasteiger partial charge >= 0.3 is 0 Å². The van der Waals surface area contributed by atoms with Crippen molar-refractivity contribution in [3.63, 3.8) is 0 Å². The summed E-state index contributed by atoms with van der Waals surface area (Å²) in [5.41, 5.74) is -1.90. The maximum Gasteiger partial charge on any atom is 0.259 e. The molecule has 3 aromatic carbocycles. The normalized spacial score (nSPS) is 10.9. The largest absolute Gasteiger partial charge is 0.496 e. The van der Waals surface area contributed by atoms with Gasteiger partial charge in [0.15, 0.2) is 23.3 Å². The van der Waals surface area contributed by atoms with E-state index in [0.717, 1.165) is 30.3 Å². The van der Waals surface area contributed by atoms with Crippen molar-refractivity contribution >= 4 is 23.2 Å². The van der Waals surface area contributed by atoms with Gasteiger partial charge in [-0.1, -0.05) is 0 Å². The molecule has 0 aliphatic rings. The minimum Gasteiger partial charge on any atom is -0.496 e. The molecule has 2 amide bonds. The Labute approximate surface area is 216 Å². The Morgan fingerprint density at radius 1 is 0.684 bits per heavy atom. The van der Waals surface area contributed by atoms with Crippen molar-refractivity contribution in [3.05, 3.63) is 76.9 Å². The van der Waals surface area contributed by atoms with Gasteiger partial charge in [-0.15, -0.1) is 0 Å². The molecule has 0 saturated carbocycles. The molecule has 7 nitrogen and oxygen atoms in total. The maximum absolute atomic E-state index is 14.5. The van der Waals surface area contributed by atoms with Crippen LogP contribution >= 0.6 is 0 Å². The standard InChI is InChI=1S/C27H26F4N2O5/c1-13(2)37-16-9-19(28)24(20(29)10-16)32-26(34)15-6-7-23(36-5)18(8-15)27(35)33-25-21(30)11-17(12-22(25)31)38-14(3)4/h6-14H,1-5H3,(H,32,34)(H,33,35). The van der Waals surface area contributed by atoms with Gasteiger partial charge in [0.2, 0.25) is 0 Å². The molecule has 0 spiro atoms. The van der Waals surface area contributed by atoms with Gasteiger partial charge in [0, 0.05) is 29.8 Å². The summed E-state index contributed by atoms with van der Waals surface area (Å²) in [6.45, 7) is 6.73. The van der Waals surface area contributed by atoms with Gasteiger partial charge in [-0.3, -0.25) is 9.59 Å². The summed E-state index contributed by atoms with van der Waals surface area (Å²) in [7, 11) is 1.25. The first-order chi connectivity index (χ1) is 17.9. The molecule has 0 unspecified atom stereocenters. The molecule has 0 fully saturated rings. The van der Waals surface area contributed by atoms with Gasteiger partial charge in [0.25, 0.3) is 11.8 Å². The fourth-order valence-electron chi connectivity index (χ4n) is 3.41. The molecule has 0 aliphatic heterocycles. The van der Waals surface area contributed by atoms with Crippen LogP contribution in [0.2, 0.25) is 0 Å². The number of carbonyl (C=O) groups is 2. The minimum atomic E-state index is -1.09. The molecular formula is C27H26F4N2O5. The van der Waals surface area contributed by atoms with E-state index in [-0.39, 0.29) is 40.6 Å². The zero-order chi connectivity index (χ0) is 28.1. The van der Waals surface area contributed by atoms with Crippen LogP contribution in [0.1, 0.15) is 48.4 Å². The lowest BCUT2D eigenvalue weighted by Gasteiger charge is -2.15. The Hall–Kier alpha value is -4.28. The molecular weight excluding hydrogens is 508 g/mol. The molecule has 38 heavy (non-hydrogen) atoms. The summed E-state index contributed by atoms with van der Waals surface area (Å²) in [6, 6.07) is 7.24. The molecule has 0 bridgehead atoms. The van der Waals surface area contributed by atoms with Crippen LogP contribution in [0.4, 0.5) is 28.9 Å². The fourth-order valence-corrected chi connectivity index (χ4v) is 3.41. The zero-order valence-electron chi connectivity index (χ0n) is 21.2. The van der Waals surface area contributed by atoms with Crippen molar-refractivity contribution in [2.24, 2.45) is 0 Å². The Morgan fingerprint density at radius 3 is 1.50 bits per heavy atom. The van der Waals surface area contributed by atoms with Gasteiger partial charge < -0.3 is 24.8 Å². The van der Waals surface area contributed by atoms with E-state index in [0.29, 0.717) is 0 Å². The van der Waals surface area contributed by atoms with E-state index in [1.807, 2.05) is 0 Å². The maximum atomic E-state index is 14.5. The summed E-state index contributed by atoms with van der Waals surface area (Å²) >= 11 is 0. The topological polar surface area (TPSA) is 85.9 Å². The lowest BCUT2D eigenvalue weighted by molar-refractivity contribution is 0.102. The Kier molecular flexibility index (Phi) is 8.82. The number of amides is 2. The first-order valence-electron chi connectivity index (χ1n) is 11.5. The summed E-state index contributed by atoms with van der Waals surface area (Å²) in [5, 5.41) is 4.23. The average molecular weight is 535 g/mol. The molecule has 0 atom stereocenters. The van der Waals surface area contributed by atoms with Crippen LogP contribution in [0.25, 0.3) is 0 Å². The molecule has 3 aromatic rings. The quantitative estimate of drug-likeness (QED) is 0.314. The number of ether oxygens (including phenoxy) is 3. The van der Waals surface area contributed by atoms with Crippen molar-refractivity contribution < 1.29 is 41.4 Å². The molecule has 202 valence electrons. The molecule has 0 saturated heterocycles. The molecule has 11 heteroatoms. The Balaban J connectivity index is 1.87. The van der Waals surface area contributed by atoms with Crippen molar-refractivity contribution in [2.45, 2.75) is 39.9 Å². The van der Waals surface area contributed by atoms with E-state index in [1.165, 1.54) is 19.2 Å². The number of methoxy groups -OCH3 is 1. The van der Waals surface area contributed by atoms with Crippen LogP contribution < -0.4 is 24.8 Å². The highest BCUT2D eigenvalue weighted by Gasteiger charge is 2.22. The number of hydrogen-bond donors (Lipinski definition) is 2. The fraction of sp³-hybridized carbons (Fsp3) is 0.259. The number of carbonyl (C=O) groups excluding carboxylic acids is 2. The van der Waals surface area contributed by atoms with Crippen LogP contribution in [0.3, 0.4) is 0 Å². The molecule has 2 N–H and O–H groups in total. The second kappa shape index (κ2) is 11.8. The number of hydrogen-bond acceptors (Lipinski definition) is 5. The third kappa shape index (κ3) is 6.72. The van der Waals surface area contributed by atoms with Crippen LogP contribution in [0.5, 0.6) is 17.2 Å². The summed E-state index contributed by atoms with van der Waals surface area (Å²) in [5.74, 6) is -6.41. The molecule has 0 radical (unpaired) electrons. The van der Waals surface area contributed by atoms with E-state index in [4.69, 9.17) is 14.2 Å². The predicted octanol–water partition coefficient (Wildman–Crippen LogP) is 6.33. The molecule has 0 heterocycles. The Morgan fingerprint density at radius 2 is 1.11 bits per heavy atom. The molecule has 0 aliphatic carbocycles. The highest BCUT2D eigenvalue weighted by molar-refractivity contribution is 6.10. The molecule has 0 aromatic heterocycles.